The molecule has 0 aromatic carbocycles. The summed E-state index contributed by atoms with van der Waals surface area (Å²) in [6.45, 7) is 8.11. The molecule has 0 saturated carbocycles. The van der Waals surface area contributed by atoms with Crippen LogP contribution in [-0.2, 0) is 14.2 Å². The molecule has 0 aromatic heterocycles. The van der Waals surface area contributed by atoms with Gasteiger partial charge in [0.2, 0.25) is 0 Å². The van der Waals surface area contributed by atoms with Crippen LogP contribution in [0.5, 0.6) is 0 Å². The van der Waals surface area contributed by atoms with E-state index in [-0.39, 0.29) is 11.6 Å². The summed E-state index contributed by atoms with van der Waals surface area (Å²) in [5.74, 6) is 0. The lowest BCUT2D eigenvalue weighted by Crippen LogP contribution is -2.48. The highest BCUT2D eigenvalue weighted by Crippen LogP contribution is 2.24. The first-order chi connectivity index (χ1) is 7.19. The summed E-state index contributed by atoms with van der Waals surface area (Å²) < 4.78 is 15.8. The Morgan fingerprint density at radius 3 is 2.80 bits per heavy atom. The van der Waals surface area contributed by atoms with Gasteiger partial charge >= 0.3 is 0 Å². The number of hydrogen-bond acceptors (Lipinski definition) is 4. The third-order valence-electron chi connectivity index (χ3n) is 3.09. The Morgan fingerprint density at radius 2 is 2.20 bits per heavy atom. The third kappa shape index (κ3) is 4.07. The minimum absolute atomic E-state index is 0.116. The van der Waals surface area contributed by atoms with E-state index in [9.17, 15) is 0 Å². The maximum absolute atomic E-state index is 5.54. The molecule has 2 atom stereocenters. The summed E-state index contributed by atoms with van der Waals surface area (Å²) in [6.07, 6.45) is 1.36. The van der Waals surface area contributed by atoms with Gasteiger partial charge in [-0.3, -0.25) is 0 Å². The minimum atomic E-state index is 0.116. The fourth-order valence-electron chi connectivity index (χ4n) is 1.72. The zero-order valence-electron chi connectivity index (χ0n) is 10.0. The van der Waals surface area contributed by atoms with Gasteiger partial charge in [0.05, 0.1) is 25.9 Å². The van der Waals surface area contributed by atoms with Gasteiger partial charge in [-0.25, -0.2) is 0 Å². The molecule has 0 aliphatic carbocycles. The Morgan fingerprint density at radius 1 is 1.40 bits per heavy atom. The lowest BCUT2D eigenvalue weighted by atomic mass is 9.95. The third-order valence-corrected chi connectivity index (χ3v) is 3.09. The second-order valence-corrected chi connectivity index (χ2v) is 4.21. The van der Waals surface area contributed by atoms with Crippen LogP contribution in [0.3, 0.4) is 0 Å². The van der Waals surface area contributed by atoms with Crippen LogP contribution in [0.25, 0.3) is 0 Å². The summed E-state index contributed by atoms with van der Waals surface area (Å²) in [7, 11) is 1.68. The molecule has 0 aromatic rings. The Hall–Kier alpha value is -0.160. The SMILES string of the molecule is COCCOCCNC1(C)CCOC1C. The van der Waals surface area contributed by atoms with Crippen molar-refractivity contribution < 1.29 is 14.2 Å². The molecule has 4 nitrogen and oxygen atoms in total. The molecule has 4 heteroatoms. The quantitative estimate of drug-likeness (QED) is 0.641. The molecule has 1 aliphatic heterocycles. The average Bonchev–Trinajstić information content (AvgIpc) is 2.54. The maximum atomic E-state index is 5.54. The Balaban J connectivity index is 2.04. The lowest BCUT2D eigenvalue weighted by molar-refractivity contribution is 0.0606. The predicted molar refractivity (Wildman–Crippen MR) is 59.1 cm³/mol. The topological polar surface area (TPSA) is 39.7 Å². The maximum Gasteiger partial charge on any atom is 0.0726 e. The molecule has 0 spiro atoms. The van der Waals surface area contributed by atoms with Crippen molar-refractivity contribution in [3.8, 4) is 0 Å². The van der Waals surface area contributed by atoms with E-state index in [2.05, 4.69) is 19.2 Å². The van der Waals surface area contributed by atoms with Crippen molar-refractivity contribution >= 4 is 0 Å². The summed E-state index contributed by atoms with van der Waals surface area (Å²) in [5, 5.41) is 3.49. The van der Waals surface area contributed by atoms with Crippen LogP contribution in [0, 0.1) is 0 Å². The van der Waals surface area contributed by atoms with Crippen molar-refractivity contribution in [1.29, 1.82) is 0 Å². The number of ether oxygens (including phenoxy) is 3. The first-order valence-corrected chi connectivity index (χ1v) is 5.62. The van der Waals surface area contributed by atoms with E-state index in [1.807, 2.05) is 0 Å². The van der Waals surface area contributed by atoms with Crippen LogP contribution in [0.1, 0.15) is 20.3 Å². The normalized spacial score (nSPS) is 31.0. The van der Waals surface area contributed by atoms with Gasteiger partial charge in [0.25, 0.3) is 0 Å². The minimum Gasteiger partial charge on any atom is -0.382 e. The molecule has 0 radical (unpaired) electrons. The van der Waals surface area contributed by atoms with E-state index >= 15 is 0 Å². The van der Waals surface area contributed by atoms with Crippen molar-refractivity contribution in [2.75, 3.05) is 40.1 Å². The number of rotatable bonds is 7. The van der Waals surface area contributed by atoms with Crippen molar-refractivity contribution in [2.24, 2.45) is 0 Å². The van der Waals surface area contributed by atoms with Crippen LogP contribution < -0.4 is 5.32 Å². The van der Waals surface area contributed by atoms with Crippen LogP contribution in [0.15, 0.2) is 0 Å². The Labute approximate surface area is 92.3 Å². The molecule has 1 heterocycles. The van der Waals surface area contributed by atoms with Gasteiger partial charge < -0.3 is 19.5 Å². The van der Waals surface area contributed by atoms with E-state index in [1.165, 1.54) is 0 Å². The number of nitrogens with one attached hydrogen (secondary N) is 1. The summed E-state index contributed by atoms with van der Waals surface area (Å²) in [4.78, 5) is 0. The number of methoxy groups -OCH3 is 1. The van der Waals surface area contributed by atoms with Crippen molar-refractivity contribution in [3.63, 3.8) is 0 Å². The monoisotopic (exact) mass is 217 g/mol. The Bertz CT molecular complexity index is 177. The number of hydrogen-bond donors (Lipinski definition) is 1. The molecular weight excluding hydrogens is 194 g/mol. The molecule has 1 saturated heterocycles. The molecule has 1 N–H and O–H groups in total. The molecule has 1 rings (SSSR count). The van der Waals surface area contributed by atoms with Crippen molar-refractivity contribution in [2.45, 2.75) is 31.9 Å². The van der Waals surface area contributed by atoms with Crippen LogP contribution in [-0.4, -0.2) is 51.7 Å². The van der Waals surface area contributed by atoms with Gasteiger partial charge in [-0.2, -0.15) is 0 Å². The van der Waals surface area contributed by atoms with Crippen molar-refractivity contribution in [3.05, 3.63) is 0 Å². The molecule has 15 heavy (non-hydrogen) atoms. The smallest absolute Gasteiger partial charge is 0.0726 e. The van der Waals surface area contributed by atoms with Gasteiger partial charge in [0, 0.05) is 25.8 Å². The van der Waals surface area contributed by atoms with E-state index < -0.39 is 0 Å². The molecule has 0 bridgehead atoms. The molecule has 2 unspecified atom stereocenters. The van der Waals surface area contributed by atoms with E-state index in [1.54, 1.807) is 7.11 Å². The Kier molecular flexibility index (Phi) is 5.53. The predicted octanol–water partition coefficient (Wildman–Crippen LogP) is 0.806. The molecule has 90 valence electrons. The van der Waals surface area contributed by atoms with E-state index in [4.69, 9.17) is 14.2 Å². The molecule has 0 amide bonds. The molecule has 1 aliphatic rings. The summed E-state index contributed by atoms with van der Waals surface area (Å²) in [6, 6.07) is 0. The van der Waals surface area contributed by atoms with Crippen molar-refractivity contribution in [1.82, 2.24) is 5.32 Å². The highest BCUT2D eigenvalue weighted by molar-refractivity contribution is 4.93. The van der Waals surface area contributed by atoms with Crippen LogP contribution >= 0.6 is 0 Å². The van der Waals surface area contributed by atoms with Gasteiger partial charge in [-0.15, -0.1) is 0 Å². The largest absolute Gasteiger partial charge is 0.382 e. The van der Waals surface area contributed by atoms with Gasteiger partial charge in [-0.05, 0) is 20.3 Å². The van der Waals surface area contributed by atoms with E-state index in [0.29, 0.717) is 13.2 Å². The fraction of sp³-hybridized carbons (Fsp3) is 1.00. The highest BCUT2D eigenvalue weighted by Gasteiger charge is 2.35. The van der Waals surface area contributed by atoms with Gasteiger partial charge in [0.1, 0.15) is 0 Å². The highest BCUT2D eigenvalue weighted by atomic mass is 16.5. The lowest BCUT2D eigenvalue weighted by Gasteiger charge is -2.28. The standard InChI is InChI=1S/C11H23NO3/c1-10-11(2,4-6-15-10)12-5-7-14-9-8-13-3/h10,12H,4-9H2,1-3H3. The fourth-order valence-corrected chi connectivity index (χ4v) is 1.72. The molecule has 1 fully saturated rings. The second-order valence-electron chi connectivity index (χ2n) is 4.21. The summed E-state index contributed by atoms with van der Waals surface area (Å²) >= 11 is 0. The zero-order chi connectivity index (χ0) is 11.1. The zero-order valence-corrected chi connectivity index (χ0v) is 10.0. The first kappa shape index (κ1) is 12.9. The molecular formula is C11H23NO3. The van der Waals surface area contributed by atoms with Gasteiger partial charge in [0.15, 0.2) is 0 Å². The average molecular weight is 217 g/mol. The second kappa shape index (κ2) is 6.43. The van der Waals surface area contributed by atoms with Gasteiger partial charge in [-0.1, -0.05) is 0 Å². The van der Waals surface area contributed by atoms with E-state index in [0.717, 1.165) is 26.2 Å². The van der Waals surface area contributed by atoms with Crippen LogP contribution in [0.4, 0.5) is 0 Å². The summed E-state index contributed by atoms with van der Waals surface area (Å²) in [5.41, 5.74) is 0.116. The van der Waals surface area contributed by atoms with Crippen LogP contribution in [0.2, 0.25) is 0 Å². The first-order valence-electron chi connectivity index (χ1n) is 5.62.